The number of alkyl halides is 3. The van der Waals surface area contributed by atoms with Crippen molar-refractivity contribution in [3.05, 3.63) is 53.7 Å². The predicted octanol–water partition coefficient (Wildman–Crippen LogP) is 4.33. The quantitative estimate of drug-likeness (QED) is 0.442. The molecule has 0 bridgehead atoms. The Hall–Kier alpha value is -3.80. The monoisotopic (exact) mass is 519 g/mol. The molecule has 1 aliphatic rings. The fraction of sp³-hybridized carbons (Fsp3) is 0.400. The molecule has 0 aliphatic carbocycles. The van der Waals surface area contributed by atoms with E-state index in [1.54, 1.807) is 18.6 Å². The molecule has 9 nitrogen and oxygen atoms in total. The van der Waals surface area contributed by atoms with E-state index in [0.717, 1.165) is 66.5 Å². The standard InChI is InChI=1S/C23H27N5O2.C2HF3O2/c1-15-16(2)28-22(27-15)21-12-18(4-8-25-21)19-11-20(14-24-13-19)23(29)26-7-3-17-5-9-30-10-6-17;3-2(4,5)1(6)7/h4,8,11-14,17H,3,5-7,9-10H2,1-2H3,(H,26,29)(H,27,28);(H,6,7). The molecule has 1 fully saturated rings. The third-order valence-electron chi connectivity index (χ3n) is 5.89. The molecule has 1 saturated heterocycles. The summed E-state index contributed by atoms with van der Waals surface area (Å²) in [6.07, 6.45) is 3.17. The van der Waals surface area contributed by atoms with Crippen LogP contribution < -0.4 is 5.32 Å². The molecule has 37 heavy (non-hydrogen) atoms. The molecule has 1 aliphatic heterocycles. The van der Waals surface area contributed by atoms with Crippen molar-refractivity contribution in [2.75, 3.05) is 19.8 Å². The van der Waals surface area contributed by atoms with Gasteiger partial charge in [0.1, 0.15) is 5.69 Å². The van der Waals surface area contributed by atoms with Crippen LogP contribution in [0.25, 0.3) is 22.6 Å². The fourth-order valence-electron chi connectivity index (χ4n) is 3.66. The summed E-state index contributed by atoms with van der Waals surface area (Å²) in [6.45, 7) is 6.28. The van der Waals surface area contributed by atoms with Crippen molar-refractivity contribution in [1.29, 1.82) is 0 Å². The van der Waals surface area contributed by atoms with Crippen LogP contribution >= 0.6 is 0 Å². The average Bonchev–Trinajstić information content (AvgIpc) is 3.22. The number of pyridine rings is 2. The van der Waals surface area contributed by atoms with Gasteiger partial charge in [-0.3, -0.25) is 14.8 Å². The number of aromatic amines is 1. The molecule has 12 heteroatoms. The summed E-state index contributed by atoms with van der Waals surface area (Å²) in [5.41, 5.74) is 5.11. The van der Waals surface area contributed by atoms with Crippen LogP contribution in [0.1, 0.15) is 41.0 Å². The third kappa shape index (κ3) is 8.10. The Labute approximate surface area is 211 Å². The second-order valence-electron chi connectivity index (χ2n) is 8.59. The summed E-state index contributed by atoms with van der Waals surface area (Å²) in [7, 11) is 0. The molecule has 0 saturated carbocycles. The van der Waals surface area contributed by atoms with E-state index >= 15 is 0 Å². The molecule has 198 valence electrons. The van der Waals surface area contributed by atoms with Gasteiger partial charge < -0.3 is 20.1 Å². The lowest BCUT2D eigenvalue weighted by atomic mass is 9.96. The maximum Gasteiger partial charge on any atom is 0.490 e. The van der Waals surface area contributed by atoms with Crippen molar-refractivity contribution in [1.82, 2.24) is 25.3 Å². The van der Waals surface area contributed by atoms with Gasteiger partial charge in [-0.15, -0.1) is 0 Å². The van der Waals surface area contributed by atoms with Crippen LogP contribution in [0.2, 0.25) is 0 Å². The van der Waals surface area contributed by atoms with Crippen molar-refractivity contribution in [3.63, 3.8) is 0 Å². The number of amides is 1. The zero-order chi connectivity index (χ0) is 27.0. The number of carbonyl (C=O) groups excluding carboxylic acids is 1. The van der Waals surface area contributed by atoms with Crippen LogP contribution in [0.15, 0.2) is 36.8 Å². The highest BCUT2D eigenvalue weighted by Gasteiger charge is 2.38. The molecular formula is C25H28F3N5O4. The van der Waals surface area contributed by atoms with Crippen molar-refractivity contribution >= 4 is 11.9 Å². The van der Waals surface area contributed by atoms with Crippen LogP contribution in [0, 0.1) is 19.8 Å². The minimum Gasteiger partial charge on any atom is -0.475 e. The second-order valence-corrected chi connectivity index (χ2v) is 8.59. The molecule has 0 atom stereocenters. The van der Waals surface area contributed by atoms with Gasteiger partial charge in [0.15, 0.2) is 5.82 Å². The number of hydrogen-bond donors (Lipinski definition) is 3. The Morgan fingerprint density at radius 3 is 2.49 bits per heavy atom. The number of aryl methyl sites for hydroxylation is 2. The van der Waals surface area contributed by atoms with Gasteiger partial charge in [-0.25, -0.2) is 9.78 Å². The lowest BCUT2D eigenvalue weighted by Gasteiger charge is -2.21. The Morgan fingerprint density at radius 1 is 1.16 bits per heavy atom. The molecule has 4 rings (SSSR count). The molecule has 0 radical (unpaired) electrons. The Bertz CT molecular complexity index is 1200. The van der Waals surface area contributed by atoms with Crippen molar-refractivity contribution in [2.24, 2.45) is 5.92 Å². The number of hydrogen-bond acceptors (Lipinski definition) is 6. The number of ether oxygens (including phenoxy) is 1. The minimum atomic E-state index is -5.08. The topological polar surface area (TPSA) is 130 Å². The van der Waals surface area contributed by atoms with Gasteiger partial charge >= 0.3 is 12.1 Å². The van der Waals surface area contributed by atoms with Crippen LogP contribution in [-0.4, -0.2) is 62.9 Å². The number of carbonyl (C=O) groups is 2. The summed E-state index contributed by atoms with van der Waals surface area (Å²) >= 11 is 0. The first-order chi connectivity index (χ1) is 17.5. The fourth-order valence-corrected chi connectivity index (χ4v) is 3.66. The molecule has 0 aromatic carbocycles. The highest BCUT2D eigenvalue weighted by atomic mass is 19.4. The first-order valence-corrected chi connectivity index (χ1v) is 11.7. The van der Waals surface area contributed by atoms with E-state index in [1.807, 2.05) is 32.0 Å². The molecule has 4 heterocycles. The lowest BCUT2D eigenvalue weighted by molar-refractivity contribution is -0.192. The van der Waals surface area contributed by atoms with Gasteiger partial charge in [0.2, 0.25) is 0 Å². The Kier molecular flexibility index (Phi) is 9.34. The lowest BCUT2D eigenvalue weighted by Crippen LogP contribution is -2.27. The average molecular weight is 520 g/mol. The number of nitrogens with zero attached hydrogens (tertiary/aromatic N) is 3. The zero-order valence-electron chi connectivity index (χ0n) is 20.4. The molecule has 3 aromatic heterocycles. The zero-order valence-corrected chi connectivity index (χ0v) is 20.4. The number of carboxylic acid groups (broad SMARTS) is 1. The van der Waals surface area contributed by atoms with Gasteiger partial charge in [-0.1, -0.05) is 0 Å². The smallest absolute Gasteiger partial charge is 0.475 e. The number of halogens is 3. The normalized spacial score (nSPS) is 14.0. The first kappa shape index (κ1) is 27.8. The van der Waals surface area contributed by atoms with Crippen LogP contribution in [0.5, 0.6) is 0 Å². The highest BCUT2D eigenvalue weighted by Crippen LogP contribution is 2.24. The largest absolute Gasteiger partial charge is 0.490 e. The number of rotatable bonds is 6. The maximum atomic E-state index is 12.6. The van der Waals surface area contributed by atoms with Crippen LogP contribution in [0.4, 0.5) is 13.2 Å². The highest BCUT2D eigenvalue weighted by molar-refractivity contribution is 5.95. The van der Waals surface area contributed by atoms with E-state index in [4.69, 9.17) is 14.6 Å². The van der Waals surface area contributed by atoms with Gasteiger partial charge in [0.05, 0.1) is 11.3 Å². The van der Waals surface area contributed by atoms with E-state index in [-0.39, 0.29) is 5.91 Å². The van der Waals surface area contributed by atoms with E-state index in [9.17, 15) is 18.0 Å². The number of aliphatic carboxylic acids is 1. The second kappa shape index (κ2) is 12.4. The van der Waals surface area contributed by atoms with Gasteiger partial charge in [0.25, 0.3) is 5.91 Å². The van der Waals surface area contributed by atoms with Crippen molar-refractivity contribution in [3.8, 4) is 22.6 Å². The summed E-state index contributed by atoms with van der Waals surface area (Å²) < 4.78 is 37.1. The summed E-state index contributed by atoms with van der Waals surface area (Å²) in [4.78, 5) is 38.0. The molecular weight excluding hydrogens is 491 g/mol. The van der Waals surface area contributed by atoms with Gasteiger partial charge in [0, 0.05) is 49.6 Å². The van der Waals surface area contributed by atoms with E-state index in [1.165, 1.54) is 0 Å². The van der Waals surface area contributed by atoms with Crippen LogP contribution in [-0.2, 0) is 9.53 Å². The summed E-state index contributed by atoms with van der Waals surface area (Å²) in [5, 5.41) is 10.1. The van der Waals surface area contributed by atoms with Crippen LogP contribution in [0.3, 0.4) is 0 Å². The maximum absolute atomic E-state index is 12.6. The van der Waals surface area contributed by atoms with E-state index in [0.29, 0.717) is 18.0 Å². The summed E-state index contributed by atoms with van der Waals surface area (Å²) in [5.74, 6) is -1.48. The number of H-pyrrole nitrogens is 1. The molecule has 3 aromatic rings. The number of carboxylic acids is 1. The van der Waals surface area contributed by atoms with Crippen molar-refractivity contribution in [2.45, 2.75) is 39.3 Å². The molecule has 3 N–H and O–H groups in total. The van der Waals surface area contributed by atoms with E-state index in [2.05, 4.69) is 25.3 Å². The predicted molar refractivity (Wildman–Crippen MR) is 129 cm³/mol. The van der Waals surface area contributed by atoms with Gasteiger partial charge in [-0.05, 0) is 62.8 Å². The van der Waals surface area contributed by atoms with Crippen molar-refractivity contribution < 1.29 is 32.6 Å². The Balaban J connectivity index is 0.000000479. The molecule has 0 spiro atoms. The summed E-state index contributed by atoms with van der Waals surface area (Å²) in [6, 6.07) is 5.74. The van der Waals surface area contributed by atoms with Gasteiger partial charge in [-0.2, -0.15) is 13.2 Å². The number of aromatic nitrogens is 4. The first-order valence-electron chi connectivity index (χ1n) is 11.7. The molecule has 0 unspecified atom stereocenters. The minimum absolute atomic E-state index is 0.0945. The SMILES string of the molecule is Cc1nc(-c2cc(-c3cncc(C(=O)NCCC4CCOCC4)c3)ccn2)[nH]c1C.O=C(O)C(F)(F)F. The number of nitrogens with one attached hydrogen (secondary N) is 2. The number of imidazole rings is 1. The molecule has 1 amide bonds. The van der Waals surface area contributed by atoms with E-state index < -0.39 is 12.1 Å². The Morgan fingerprint density at radius 2 is 1.86 bits per heavy atom. The third-order valence-corrected chi connectivity index (χ3v) is 5.89.